The number of carbonyl (C=O) groups is 2. The van der Waals surface area contributed by atoms with Crippen molar-refractivity contribution in [2.24, 2.45) is 0 Å². The average Bonchev–Trinajstić information content (AvgIpc) is 2.89. The molecule has 0 aliphatic heterocycles. The molecule has 1 aromatic heterocycles. The lowest BCUT2D eigenvalue weighted by Gasteiger charge is -2.08. The molecule has 0 fully saturated rings. The van der Waals surface area contributed by atoms with Crippen LogP contribution >= 0.6 is 0 Å². The third-order valence-electron chi connectivity index (χ3n) is 2.66. The van der Waals surface area contributed by atoms with E-state index in [9.17, 15) is 9.59 Å². The first-order valence-electron chi connectivity index (χ1n) is 5.79. The summed E-state index contributed by atoms with van der Waals surface area (Å²) in [6, 6.07) is 8.58. The first kappa shape index (κ1) is 12.9. The molecule has 0 atom stereocenters. The number of furan rings is 1. The van der Waals surface area contributed by atoms with E-state index < -0.39 is 5.91 Å². The highest BCUT2D eigenvalue weighted by Crippen LogP contribution is 2.10. The Labute approximate surface area is 110 Å². The van der Waals surface area contributed by atoms with Crippen LogP contribution in [-0.4, -0.2) is 11.8 Å². The number of nitrogens with one attached hydrogen (secondary N) is 2. The maximum atomic E-state index is 11.9. The zero-order chi connectivity index (χ0) is 13.8. The Hall–Kier alpha value is -2.56. The minimum Gasteiger partial charge on any atom is -0.459 e. The lowest BCUT2D eigenvalue weighted by Crippen LogP contribution is -2.41. The molecule has 0 saturated carbocycles. The molecule has 0 bridgehead atoms. The zero-order valence-corrected chi connectivity index (χ0v) is 10.7. The fourth-order valence-corrected chi connectivity index (χ4v) is 1.72. The van der Waals surface area contributed by atoms with E-state index in [0.29, 0.717) is 5.56 Å². The SMILES string of the molecule is Cc1ccc(C(=O)NNC(=O)c2ccco2)c(C)c1. The number of hydrogen-bond acceptors (Lipinski definition) is 3. The van der Waals surface area contributed by atoms with Gasteiger partial charge in [-0.05, 0) is 37.6 Å². The number of aryl methyl sites for hydroxylation is 2. The van der Waals surface area contributed by atoms with Gasteiger partial charge in [0, 0.05) is 5.56 Å². The summed E-state index contributed by atoms with van der Waals surface area (Å²) in [4.78, 5) is 23.5. The first-order valence-corrected chi connectivity index (χ1v) is 5.79. The van der Waals surface area contributed by atoms with Crippen LogP contribution < -0.4 is 10.9 Å². The molecule has 0 saturated heterocycles. The van der Waals surface area contributed by atoms with Crippen molar-refractivity contribution in [2.45, 2.75) is 13.8 Å². The number of rotatable bonds is 2. The lowest BCUT2D eigenvalue weighted by molar-refractivity contribution is 0.0830. The molecule has 0 aliphatic carbocycles. The van der Waals surface area contributed by atoms with Crippen molar-refractivity contribution in [2.75, 3.05) is 0 Å². The van der Waals surface area contributed by atoms with Gasteiger partial charge in [0.1, 0.15) is 0 Å². The summed E-state index contributed by atoms with van der Waals surface area (Å²) < 4.78 is 4.91. The molecule has 0 radical (unpaired) electrons. The maximum absolute atomic E-state index is 11.9. The van der Waals surface area contributed by atoms with Crippen LogP contribution in [0.1, 0.15) is 32.0 Å². The average molecular weight is 258 g/mol. The number of carbonyl (C=O) groups excluding carboxylic acids is 2. The van der Waals surface area contributed by atoms with Crippen molar-refractivity contribution in [1.29, 1.82) is 0 Å². The summed E-state index contributed by atoms with van der Waals surface area (Å²) in [7, 11) is 0. The molecule has 98 valence electrons. The molecule has 19 heavy (non-hydrogen) atoms. The van der Waals surface area contributed by atoms with E-state index in [4.69, 9.17) is 4.42 Å². The van der Waals surface area contributed by atoms with Gasteiger partial charge in [0.2, 0.25) is 0 Å². The third kappa shape index (κ3) is 3.01. The molecule has 5 nitrogen and oxygen atoms in total. The second kappa shape index (κ2) is 5.39. The minimum absolute atomic E-state index is 0.140. The fraction of sp³-hybridized carbons (Fsp3) is 0.143. The Morgan fingerprint density at radius 2 is 1.79 bits per heavy atom. The van der Waals surface area contributed by atoms with Crippen LogP contribution in [0.5, 0.6) is 0 Å². The van der Waals surface area contributed by atoms with E-state index in [1.165, 1.54) is 12.3 Å². The molecule has 5 heteroatoms. The molecule has 2 N–H and O–H groups in total. The van der Waals surface area contributed by atoms with Gasteiger partial charge in [-0.1, -0.05) is 17.7 Å². The van der Waals surface area contributed by atoms with Crippen molar-refractivity contribution in [1.82, 2.24) is 10.9 Å². The molecule has 2 rings (SSSR count). The van der Waals surface area contributed by atoms with E-state index in [0.717, 1.165) is 11.1 Å². The van der Waals surface area contributed by atoms with E-state index in [1.807, 2.05) is 26.0 Å². The number of hydrogen-bond donors (Lipinski definition) is 2. The highest BCUT2D eigenvalue weighted by Gasteiger charge is 2.12. The summed E-state index contributed by atoms with van der Waals surface area (Å²) in [5.74, 6) is -0.721. The van der Waals surface area contributed by atoms with Crippen molar-refractivity contribution in [3.8, 4) is 0 Å². The lowest BCUT2D eigenvalue weighted by atomic mass is 10.1. The Kier molecular flexibility index (Phi) is 3.66. The van der Waals surface area contributed by atoms with E-state index in [1.54, 1.807) is 12.1 Å². The molecular formula is C14H14N2O3. The second-order valence-electron chi connectivity index (χ2n) is 4.20. The van der Waals surface area contributed by atoms with Crippen molar-refractivity contribution in [3.63, 3.8) is 0 Å². The zero-order valence-electron chi connectivity index (χ0n) is 10.7. The first-order chi connectivity index (χ1) is 9.08. The summed E-state index contributed by atoms with van der Waals surface area (Å²) in [6.07, 6.45) is 1.39. The quantitative estimate of drug-likeness (QED) is 0.809. The van der Waals surface area contributed by atoms with Gasteiger partial charge >= 0.3 is 5.91 Å². The summed E-state index contributed by atoms with van der Waals surface area (Å²) in [5.41, 5.74) is 7.09. The Balaban J connectivity index is 2.00. The summed E-state index contributed by atoms with van der Waals surface area (Å²) in [5, 5.41) is 0. The molecular weight excluding hydrogens is 244 g/mol. The van der Waals surface area contributed by atoms with Gasteiger partial charge in [0.25, 0.3) is 5.91 Å². The van der Waals surface area contributed by atoms with Gasteiger partial charge in [-0.3, -0.25) is 20.4 Å². The van der Waals surface area contributed by atoms with Gasteiger partial charge in [-0.2, -0.15) is 0 Å². The Morgan fingerprint density at radius 1 is 1.05 bits per heavy atom. The maximum Gasteiger partial charge on any atom is 0.305 e. The second-order valence-corrected chi connectivity index (χ2v) is 4.20. The van der Waals surface area contributed by atoms with Gasteiger partial charge in [-0.25, -0.2) is 0 Å². The van der Waals surface area contributed by atoms with Crippen LogP contribution in [0.15, 0.2) is 41.0 Å². The predicted octanol–water partition coefficient (Wildman–Crippen LogP) is 1.97. The summed E-state index contributed by atoms with van der Waals surface area (Å²) in [6.45, 7) is 3.80. The minimum atomic E-state index is -0.497. The normalized spacial score (nSPS) is 10.0. The van der Waals surface area contributed by atoms with Crippen LogP contribution in [0, 0.1) is 13.8 Å². The molecule has 0 unspecified atom stereocenters. The summed E-state index contributed by atoms with van der Waals surface area (Å²) >= 11 is 0. The van der Waals surface area contributed by atoms with Crippen molar-refractivity contribution < 1.29 is 14.0 Å². The van der Waals surface area contributed by atoms with Gasteiger partial charge in [0.15, 0.2) is 5.76 Å². The molecule has 0 aliphatic rings. The Morgan fingerprint density at radius 3 is 2.42 bits per heavy atom. The van der Waals surface area contributed by atoms with Crippen molar-refractivity contribution in [3.05, 3.63) is 59.0 Å². The van der Waals surface area contributed by atoms with E-state index in [-0.39, 0.29) is 11.7 Å². The molecule has 1 aromatic carbocycles. The number of hydrazine groups is 1. The van der Waals surface area contributed by atoms with Gasteiger partial charge < -0.3 is 4.42 Å². The number of amides is 2. The van der Waals surface area contributed by atoms with Crippen LogP contribution in [-0.2, 0) is 0 Å². The molecule has 2 amide bonds. The van der Waals surface area contributed by atoms with Crippen molar-refractivity contribution >= 4 is 11.8 Å². The third-order valence-corrected chi connectivity index (χ3v) is 2.66. The number of benzene rings is 1. The molecule has 0 spiro atoms. The Bertz CT molecular complexity index is 603. The van der Waals surface area contributed by atoms with Gasteiger partial charge in [-0.15, -0.1) is 0 Å². The van der Waals surface area contributed by atoms with Crippen LogP contribution in [0.4, 0.5) is 0 Å². The smallest absolute Gasteiger partial charge is 0.305 e. The standard InChI is InChI=1S/C14H14N2O3/c1-9-5-6-11(10(2)8-9)13(17)15-16-14(18)12-4-3-7-19-12/h3-8H,1-2H3,(H,15,17)(H,16,18). The van der Waals surface area contributed by atoms with Crippen LogP contribution in [0.25, 0.3) is 0 Å². The topological polar surface area (TPSA) is 71.3 Å². The van der Waals surface area contributed by atoms with E-state index in [2.05, 4.69) is 10.9 Å². The largest absolute Gasteiger partial charge is 0.459 e. The highest BCUT2D eigenvalue weighted by atomic mass is 16.3. The van der Waals surface area contributed by atoms with E-state index >= 15 is 0 Å². The molecule has 1 heterocycles. The monoisotopic (exact) mass is 258 g/mol. The fourth-order valence-electron chi connectivity index (χ4n) is 1.72. The predicted molar refractivity (Wildman–Crippen MR) is 69.6 cm³/mol. The van der Waals surface area contributed by atoms with Gasteiger partial charge in [0.05, 0.1) is 6.26 Å². The highest BCUT2D eigenvalue weighted by molar-refractivity contribution is 5.98. The van der Waals surface area contributed by atoms with Crippen LogP contribution in [0.3, 0.4) is 0 Å². The molecule has 2 aromatic rings. The van der Waals surface area contributed by atoms with Crippen LogP contribution in [0.2, 0.25) is 0 Å².